The first-order chi connectivity index (χ1) is 14.2. The first-order valence-corrected chi connectivity index (χ1v) is 12.2. The van der Waals surface area contributed by atoms with Crippen LogP contribution in [-0.4, -0.2) is 46.0 Å². The Morgan fingerprint density at radius 2 is 1.93 bits per heavy atom. The first-order valence-electron chi connectivity index (χ1n) is 10.4. The zero-order chi connectivity index (χ0) is 20.1. The van der Waals surface area contributed by atoms with Gasteiger partial charge in [-0.2, -0.15) is 0 Å². The Bertz CT molecular complexity index is 801. The number of amides is 1. The van der Waals surface area contributed by atoms with Gasteiger partial charge >= 0.3 is 0 Å². The summed E-state index contributed by atoms with van der Waals surface area (Å²) in [5.41, 5.74) is 1.13. The van der Waals surface area contributed by atoms with E-state index >= 15 is 0 Å². The fourth-order valence-electron chi connectivity index (χ4n) is 3.69. The van der Waals surface area contributed by atoms with Crippen LogP contribution in [0, 0.1) is 0 Å². The van der Waals surface area contributed by atoms with E-state index in [0.717, 1.165) is 33.6 Å². The molecule has 6 nitrogen and oxygen atoms in total. The number of methoxy groups -OCH3 is 1. The summed E-state index contributed by atoms with van der Waals surface area (Å²) in [6, 6.07) is 8.85. The topological polar surface area (TPSA) is 67.3 Å². The van der Waals surface area contributed by atoms with Crippen molar-refractivity contribution in [3.05, 3.63) is 29.8 Å². The number of ether oxygens (including phenoxy) is 1. The van der Waals surface area contributed by atoms with Crippen LogP contribution < -0.4 is 10.1 Å². The highest BCUT2D eigenvalue weighted by Crippen LogP contribution is 2.32. The van der Waals surface area contributed by atoms with Crippen LogP contribution in [0.25, 0.3) is 0 Å². The third kappa shape index (κ3) is 5.85. The maximum Gasteiger partial charge on any atom is 0.233 e. The van der Waals surface area contributed by atoms with Crippen molar-refractivity contribution in [3.63, 3.8) is 0 Å². The van der Waals surface area contributed by atoms with E-state index in [-0.39, 0.29) is 5.91 Å². The van der Waals surface area contributed by atoms with Crippen LogP contribution in [0.4, 0.5) is 5.13 Å². The Morgan fingerprint density at radius 1 is 1.17 bits per heavy atom. The molecule has 0 atom stereocenters. The lowest BCUT2D eigenvalue weighted by molar-refractivity contribution is -0.129. The molecule has 2 aromatic rings. The molecule has 0 radical (unpaired) electrons. The number of hydrogen-bond donors (Lipinski definition) is 1. The fourth-order valence-corrected chi connectivity index (χ4v) is 5.40. The van der Waals surface area contributed by atoms with Crippen molar-refractivity contribution in [1.82, 2.24) is 15.1 Å². The number of nitrogens with zero attached hydrogens (tertiary/aromatic N) is 3. The van der Waals surface area contributed by atoms with E-state index in [4.69, 9.17) is 4.74 Å². The monoisotopic (exact) mass is 432 g/mol. The third-order valence-electron chi connectivity index (χ3n) is 5.48. The van der Waals surface area contributed by atoms with Gasteiger partial charge in [-0.3, -0.25) is 4.79 Å². The minimum atomic E-state index is 0.172. The molecule has 0 aliphatic heterocycles. The molecule has 29 heavy (non-hydrogen) atoms. The van der Waals surface area contributed by atoms with Crippen LogP contribution in [0.15, 0.2) is 28.6 Å². The molecular formula is C21H28N4O2S2. The van der Waals surface area contributed by atoms with Gasteiger partial charge in [-0.15, -0.1) is 10.2 Å². The summed E-state index contributed by atoms with van der Waals surface area (Å²) in [6.07, 6.45) is 8.53. The number of anilines is 1. The number of rotatable bonds is 9. The summed E-state index contributed by atoms with van der Waals surface area (Å²) in [5.74, 6) is 1.41. The number of hydrogen-bond acceptors (Lipinski definition) is 7. The molecule has 1 N–H and O–H groups in total. The summed E-state index contributed by atoms with van der Waals surface area (Å²) in [7, 11) is 1.66. The molecule has 2 fully saturated rings. The molecule has 2 aliphatic rings. The van der Waals surface area contributed by atoms with Crippen LogP contribution >= 0.6 is 23.1 Å². The van der Waals surface area contributed by atoms with Crippen LogP contribution in [0.5, 0.6) is 5.75 Å². The maximum atomic E-state index is 12.9. The van der Waals surface area contributed by atoms with Gasteiger partial charge in [0, 0.05) is 18.6 Å². The van der Waals surface area contributed by atoms with Gasteiger partial charge in [-0.25, -0.2) is 0 Å². The van der Waals surface area contributed by atoms with E-state index in [1.165, 1.54) is 43.9 Å². The molecule has 156 valence electrons. The average molecular weight is 433 g/mol. The van der Waals surface area contributed by atoms with Gasteiger partial charge in [0.25, 0.3) is 0 Å². The normalized spacial score (nSPS) is 17.1. The molecule has 2 saturated carbocycles. The van der Waals surface area contributed by atoms with Gasteiger partial charge in [-0.1, -0.05) is 54.5 Å². The molecule has 1 aromatic heterocycles. The highest BCUT2D eigenvalue weighted by molar-refractivity contribution is 8.01. The Labute approximate surface area is 180 Å². The predicted octanol–water partition coefficient (Wildman–Crippen LogP) is 4.57. The highest BCUT2D eigenvalue weighted by atomic mass is 32.2. The number of carbonyl (C=O) groups is 1. The van der Waals surface area contributed by atoms with E-state index < -0.39 is 0 Å². The van der Waals surface area contributed by atoms with Crippen LogP contribution in [0.3, 0.4) is 0 Å². The number of carbonyl (C=O) groups excluding carboxylic acids is 1. The SMILES string of the molecule is COc1ccc(CN(C(=O)CSc2nnc(NC3CCCCC3)s2)C2CC2)cc1. The molecule has 0 unspecified atom stereocenters. The second-order valence-electron chi connectivity index (χ2n) is 7.74. The Morgan fingerprint density at radius 3 is 2.62 bits per heavy atom. The highest BCUT2D eigenvalue weighted by Gasteiger charge is 2.32. The lowest BCUT2D eigenvalue weighted by Crippen LogP contribution is -2.33. The zero-order valence-corrected chi connectivity index (χ0v) is 18.4. The second-order valence-corrected chi connectivity index (χ2v) is 9.94. The van der Waals surface area contributed by atoms with E-state index in [2.05, 4.69) is 15.5 Å². The van der Waals surface area contributed by atoms with Gasteiger partial charge in [0.05, 0.1) is 12.9 Å². The molecule has 0 saturated heterocycles. The third-order valence-corrected chi connectivity index (χ3v) is 7.45. The minimum absolute atomic E-state index is 0.172. The van der Waals surface area contributed by atoms with Gasteiger partial charge < -0.3 is 15.0 Å². The van der Waals surface area contributed by atoms with Gasteiger partial charge in [0.1, 0.15) is 5.75 Å². The van der Waals surface area contributed by atoms with Gasteiger partial charge in [-0.05, 0) is 43.4 Å². The zero-order valence-electron chi connectivity index (χ0n) is 16.8. The van der Waals surface area contributed by atoms with Crippen LogP contribution in [0.2, 0.25) is 0 Å². The van der Waals surface area contributed by atoms with Crippen molar-refractivity contribution in [2.24, 2.45) is 0 Å². The van der Waals surface area contributed by atoms with E-state index in [1.807, 2.05) is 29.2 Å². The second kappa shape index (κ2) is 9.80. The number of thioether (sulfide) groups is 1. The average Bonchev–Trinajstić information content (AvgIpc) is 3.51. The van der Waals surface area contributed by atoms with Crippen molar-refractivity contribution < 1.29 is 9.53 Å². The Kier molecular flexibility index (Phi) is 6.92. The van der Waals surface area contributed by atoms with Crippen LogP contribution in [0.1, 0.15) is 50.5 Å². The summed E-state index contributed by atoms with van der Waals surface area (Å²) in [4.78, 5) is 14.9. The van der Waals surface area contributed by atoms with Crippen LogP contribution in [-0.2, 0) is 11.3 Å². The summed E-state index contributed by atoms with van der Waals surface area (Å²) in [6.45, 7) is 0.651. The molecule has 1 aromatic carbocycles. The van der Waals surface area contributed by atoms with Crippen molar-refractivity contribution in [1.29, 1.82) is 0 Å². The van der Waals surface area contributed by atoms with Crippen molar-refractivity contribution in [3.8, 4) is 5.75 Å². The number of benzene rings is 1. The van der Waals surface area contributed by atoms with E-state index in [9.17, 15) is 4.79 Å². The van der Waals surface area contributed by atoms with Gasteiger partial charge in [0.15, 0.2) is 4.34 Å². The molecule has 4 rings (SSSR count). The standard InChI is InChI=1S/C21H28N4O2S2/c1-27-18-11-7-15(8-12-18)13-25(17-9-10-17)19(26)14-28-21-24-23-20(29-21)22-16-5-3-2-4-6-16/h7-8,11-12,16-17H,2-6,9-10,13-14H2,1H3,(H,22,23). The smallest absolute Gasteiger partial charge is 0.233 e. The molecule has 0 spiro atoms. The Balaban J connectivity index is 1.29. The number of aromatic nitrogens is 2. The molecular weight excluding hydrogens is 404 g/mol. The summed E-state index contributed by atoms with van der Waals surface area (Å²) in [5, 5.41) is 12.9. The fraction of sp³-hybridized carbons (Fsp3) is 0.571. The van der Waals surface area contributed by atoms with E-state index in [0.29, 0.717) is 24.4 Å². The quantitative estimate of drug-likeness (QED) is 0.585. The predicted molar refractivity (Wildman–Crippen MR) is 118 cm³/mol. The largest absolute Gasteiger partial charge is 0.497 e. The van der Waals surface area contributed by atoms with Crippen molar-refractivity contribution in [2.45, 2.75) is 67.9 Å². The minimum Gasteiger partial charge on any atom is -0.497 e. The molecule has 2 aliphatic carbocycles. The summed E-state index contributed by atoms with van der Waals surface area (Å²) < 4.78 is 6.08. The first kappa shape index (κ1) is 20.5. The summed E-state index contributed by atoms with van der Waals surface area (Å²) >= 11 is 3.05. The lowest BCUT2D eigenvalue weighted by atomic mass is 9.96. The van der Waals surface area contributed by atoms with E-state index in [1.54, 1.807) is 18.4 Å². The van der Waals surface area contributed by atoms with Crippen molar-refractivity contribution in [2.75, 3.05) is 18.2 Å². The molecule has 1 heterocycles. The Hall–Kier alpha value is -1.80. The maximum absolute atomic E-state index is 12.9. The number of nitrogens with one attached hydrogen (secondary N) is 1. The van der Waals surface area contributed by atoms with Crippen molar-refractivity contribution >= 4 is 34.1 Å². The lowest BCUT2D eigenvalue weighted by Gasteiger charge is -2.22. The molecule has 0 bridgehead atoms. The van der Waals surface area contributed by atoms with Gasteiger partial charge in [0.2, 0.25) is 11.0 Å². The molecule has 1 amide bonds. The molecule has 8 heteroatoms.